The zero-order valence-corrected chi connectivity index (χ0v) is 7.94. The van der Waals surface area contributed by atoms with Crippen molar-refractivity contribution in [3.8, 4) is 0 Å². The molecule has 0 aromatic heterocycles. The molecule has 0 aliphatic heterocycles. The monoisotopic (exact) mass is 140 g/mol. The van der Waals surface area contributed by atoms with Gasteiger partial charge in [0.05, 0.1) is 0 Å². The fourth-order valence-corrected chi connectivity index (χ4v) is 1.01. The summed E-state index contributed by atoms with van der Waals surface area (Å²) in [6.45, 7) is 11.2. The molecule has 10 heavy (non-hydrogen) atoms. The van der Waals surface area contributed by atoms with Gasteiger partial charge in [-0.2, -0.15) is 0 Å². The third-order valence-electron chi connectivity index (χ3n) is 1.99. The summed E-state index contributed by atoms with van der Waals surface area (Å²) >= 11 is 0. The van der Waals surface area contributed by atoms with Crippen LogP contribution in [0, 0.1) is 11.8 Å². The molecule has 60 valence electrons. The van der Waals surface area contributed by atoms with Crippen molar-refractivity contribution in [2.75, 3.05) is 0 Å². The van der Waals surface area contributed by atoms with Crippen LogP contribution in [0.2, 0.25) is 0 Å². The third-order valence-corrected chi connectivity index (χ3v) is 1.99. The van der Waals surface area contributed by atoms with Gasteiger partial charge in [-0.25, -0.2) is 0 Å². The molecule has 0 bridgehead atoms. The highest BCUT2D eigenvalue weighted by Crippen LogP contribution is 2.15. The fourth-order valence-electron chi connectivity index (χ4n) is 1.01. The molecule has 0 aliphatic carbocycles. The Morgan fingerprint density at radius 1 is 1.30 bits per heavy atom. The van der Waals surface area contributed by atoms with Gasteiger partial charge in [-0.05, 0) is 25.2 Å². The van der Waals surface area contributed by atoms with Crippen LogP contribution in [0.3, 0.4) is 0 Å². The van der Waals surface area contributed by atoms with Crippen LogP contribution in [0.25, 0.3) is 0 Å². The number of hydrogen-bond donors (Lipinski definition) is 0. The zero-order chi connectivity index (χ0) is 8.15. The van der Waals surface area contributed by atoms with Crippen molar-refractivity contribution in [3.05, 3.63) is 11.6 Å². The summed E-state index contributed by atoms with van der Waals surface area (Å²) in [5.41, 5.74) is 1.54. The van der Waals surface area contributed by atoms with Gasteiger partial charge in [-0.1, -0.05) is 39.3 Å². The molecule has 0 heteroatoms. The Morgan fingerprint density at radius 3 is 2.10 bits per heavy atom. The van der Waals surface area contributed by atoms with E-state index in [9.17, 15) is 0 Å². The molecule has 0 rings (SSSR count). The van der Waals surface area contributed by atoms with E-state index >= 15 is 0 Å². The topological polar surface area (TPSA) is 0 Å². The molecule has 0 amide bonds. The largest absolute Gasteiger partial charge is 0.0828 e. The molecular weight excluding hydrogens is 120 g/mol. The van der Waals surface area contributed by atoms with Crippen LogP contribution in [0.1, 0.15) is 41.0 Å². The second kappa shape index (κ2) is 4.54. The molecule has 0 saturated carbocycles. The summed E-state index contributed by atoms with van der Waals surface area (Å²) < 4.78 is 0. The van der Waals surface area contributed by atoms with Gasteiger partial charge in [-0.3, -0.25) is 0 Å². The number of allylic oxidation sites excluding steroid dienone is 2. The van der Waals surface area contributed by atoms with Gasteiger partial charge in [0, 0.05) is 0 Å². The first kappa shape index (κ1) is 9.74. The molecule has 0 radical (unpaired) electrons. The van der Waals surface area contributed by atoms with Gasteiger partial charge in [-0.15, -0.1) is 0 Å². The average molecular weight is 140 g/mol. The first-order valence-corrected chi connectivity index (χ1v) is 4.26. The molecule has 1 atom stereocenters. The SMILES string of the molecule is CCC(C)/C(C)=C\C(C)C. The van der Waals surface area contributed by atoms with Gasteiger partial charge in [0.25, 0.3) is 0 Å². The Kier molecular flexibility index (Phi) is 4.42. The fraction of sp³-hybridized carbons (Fsp3) is 0.800. The Morgan fingerprint density at radius 2 is 1.80 bits per heavy atom. The van der Waals surface area contributed by atoms with E-state index in [1.807, 2.05) is 0 Å². The molecule has 1 unspecified atom stereocenters. The molecule has 0 aliphatic rings. The molecule has 0 saturated heterocycles. The second-order valence-electron chi connectivity index (χ2n) is 3.46. The van der Waals surface area contributed by atoms with Gasteiger partial charge in [0.15, 0.2) is 0 Å². The molecule has 0 aromatic carbocycles. The third kappa shape index (κ3) is 3.71. The van der Waals surface area contributed by atoms with Crippen molar-refractivity contribution in [3.63, 3.8) is 0 Å². The second-order valence-corrected chi connectivity index (χ2v) is 3.46. The van der Waals surface area contributed by atoms with Crippen molar-refractivity contribution < 1.29 is 0 Å². The molecule has 0 aromatic rings. The van der Waals surface area contributed by atoms with Gasteiger partial charge >= 0.3 is 0 Å². The van der Waals surface area contributed by atoms with E-state index < -0.39 is 0 Å². The van der Waals surface area contributed by atoms with Crippen LogP contribution < -0.4 is 0 Å². The minimum absolute atomic E-state index is 0.703. The lowest BCUT2D eigenvalue weighted by molar-refractivity contribution is 0.642. The standard InChI is InChI=1S/C10H20/c1-6-9(4)10(5)7-8(2)3/h7-9H,6H2,1-5H3/b10-7-. The highest BCUT2D eigenvalue weighted by atomic mass is 14.1. The molecule has 0 N–H and O–H groups in total. The lowest BCUT2D eigenvalue weighted by Crippen LogP contribution is -1.95. The lowest BCUT2D eigenvalue weighted by Gasteiger charge is -2.09. The van der Waals surface area contributed by atoms with Crippen LogP contribution in [-0.2, 0) is 0 Å². The highest BCUT2D eigenvalue weighted by Gasteiger charge is 2.00. The number of hydrogen-bond acceptors (Lipinski definition) is 0. The van der Waals surface area contributed by atoms with Crippen molar-refractivity contribution in [2.45, 2.75) is 41.0 Å². The molecule has 0 spiro atoms. The average Bonchev–Trinajstić information content (AvgIpc) is 1.85. The molecule has 0 fully saturated rings. The minimum Gasteiger partial charge on any atom is -0.0828 e. The van der Waals surface area contributed by atoms with E-state index in [4.69, 9.17) is 0 Å². The summed E-state index contributed by atoms with van der Waals surface area (Å²) in [5.74, 6) is 1.47. The first-order valence-electron chi connectivity index (χ1n) is 4.26. The summed E-state index contributed by atoms with van der Waals surface area (Å²) in [5, 5.41) is 0. The molecule has 0 heterocycles. The van der Waals surface area contributed by atoms with Crippen LogP contribution >= 0.6 is 0 Å². The quantitative estimate of drug-likeness (QED) is 0.525. The van der Waals surface area contributed by atoms with E-state index in [0.717, 1.165) is 5.92 Å². The molecule has 0 nitrogen and oxygen atoms in total. The van der Waals surface area contributed by atoms with Gasteiger partial charge in [0.2, 0.25) is 0 Å². The zero-order valence-electron chi connectivity index (χ0n) is 7.94. The van der Waals surface area contributed by atoms with Gasteiger partial charge < -0.3 is 0 Å². The van der Waals surface area contributed by atoms with E-state index in [0.29, 0.717) is 5.92 Å². The maximum atomic E-state index is 2.36. The normalized spacial score (nSPS) is 16.0. The van der Waals surface area contributed by atoms with Crippen LogP contribution in [0.5, 0.6) is 0 Å². The Bertz CT molecular complexity index is 109. The van der Waals surface area contributed by atoms with Crippen molar-refractivity contribution in [1.29, 1.82) is 0 Å². The summed E-state index contributed by atoms with van der Waals surface area (Å²) in [4.78, 5) is 0. The van der Waals surface area contributed by atoms with Crippen LogP contribution in [0.4, 0.5) is 0 Å². The van der Waals surface area contributed by atoms with Gasteiger partial charge in [0.1, 0.15) is 0 Å². The smallest absolute Gasteiger partial charge is 0.0237 e. The predicted molar refractivity (Wildman–Crippen MR) is 48.1 cm³/mol. The van der Waals surface area contributed by atoms with E-state index in [1.165, 1.54) is 12.0 Å². The number of rotatable bonds is 3. The van der Waals surface area contributed by atoms with Crippen LogP contribution in [0.15, 0.2) is 11.6 Å². The van der Waals surface area contributed by atoms with E-state index in [2.05, 4.69) is 40.7 Å². The Balaban J connectivity index is 3.91. The van der Waals surface area contributed by atoms with E-state index in [1.54, 1.807) is 0 Å². The maximum Gasteiger partial charge on any atom is -0.0237 e. The Hall–Kier alpha value is -0.260. The minimum atomic E-state index is 0.703. The van der Waals surface area contributed by atoms with Crippen molar-refractivity contribution >= 4 is 0 Å². The molecular formula is C10H20. The van der Waals surface area contributed by atoms with E-state index in [-0.39, 0.29) is 0 Å². The van der Waals surface area contributed by atoms with Crippen molar-refractivity contribution in [1.82, 2.24) is 0 Å². The predicted octanol–water partition coefficient (Wildman–Crippen LogP) is 3.63. The lowest BCUT2D eigenvalue weighted by atomic mass is 9.97. The highest BCUT2D eigenvalue weighted by molar-refractivity contribution is 5.02. The summed E-state index contributed by atoms with van der Waals surface area (Å²) in [7, 11) is 0. The Labute approximate surface area is 65.3 Å². The first-order chi connectivity index (χ1) is 4.57. The van der Waals surface area contributed by atoms with Crippen LogP contribution in [-0.4, -0.2) is 0 Å². The maximum absolute atomic E-state index is 2.36. The van der Waals surface area contributed by atoms with Crippen molar-refractivity contribution in [2.24, 2.45) is 11.8 Å². The summed E-state index contributed by atoms with van der Waals surface area (Å²) in [6, 6.07) is 0. The summed E-state index contributed by atoms with van der Waals surface area (Å²) in [6.07, 6.45) is 3.61.